The fourth-order valence-corrected chi connectivity index (χ4v) is 1.25. The van der Waals surface area contributed by atoms with E-state index < -0.39 is 11.7 Å². The highest BCUT2D eigenvalue weighted by molar-refractivity contribution is 6.29. The van der Waals surface area contributed by atoms with Crippen molar-refractivity contribution in [2.24, 2.45) is 5.92 Å². The minimum absolute atomic E-state index is 0.0552. The first-order valence-electron chi connectivity index (χ1n) is 5.31. The fourth-order valence-electron chi connectivity index (χ4n) is 1.19. The Kier molecular flexibility index (Phi) is 5.22. The molecule has 1 N–H and O–H groups in total. The number of benzene rings is 1. The van der Waals surface area contributed by atoms with Crippen LogP contribution in [0.5, 0.6) is 5.75 Å². The van der Waals surface area contributed by atoms with Crippen molar-refractivity contribution in [1.82, 2.24) is 0 Å². The molecule has 0 aromatic heterocycles. The lowest BCUT2D eigenvalue weighted by atomic mass is 10.2. The molecule has 3 nitrogen and oxygen atoms in total. The van der Waals surface area contributed by atoms with Gasteiger partial charge in [0.2, 0.25) is 5.91 Å². The first-order chi connectivity index (χ1) is 8.04. The molecule has 1 aromatic rings. The Bertz CT molecular complexity index is 396. The molecule has 1 amide bonds. The number of para-hydroxylation sites is 1. The summed E-state index contributed by atoms with van der Waals surface area (Å²) in [6.45, 7) is 4.29. The lowest BCUT2D eigenvalue weighted by Gasteiger charge is -2.14. The van der Waals surface area contributed by atoms with Crippen LogP contribution in [0.4, 0.5) is 10.1 Å². The van der Waals surface area contributed by atoms with Gasteiger partial charge in [0.25, 0.3) is 0 Å². The molecule has 1 rings (SSSR count). The first-order valence-corrected chi connectivity index (χ1v) is 5.85. The highest BCUT2D eigenvalue weighted by Gasteiger charge is 2.12. The number of alkyl halides is 1. The predicted molar refractivity (Wildman–Crippen MR) is 66.1 cm³/mol. The molecule has 1 aromatic carbocycles. The Morgan fingerprint density at radius 1 is 1.53 bits per heavy atom. The number of hydrogen-bond acceptors (Lipinski definition) is 2. The van der Waals surface area contributed by atoms with Gasteiger partial charge in [-0.25, -0.2) is 4.39 Å². The van der Waals surface area contributed by atoms with Gasteiger partial charge < -0.3 is 10.1 Å². The van der Waals surface area contributed by atoms with Crippen LogP contribution in [0, 0.1) is 11.7 Å². The predicted octanol–water partition coefficient (Wildman–Crippen LogP) is 3.04. The fraction of sp³-hybridized carbons (Fsp3) is 0.417. The zero-order chi connectivity index (χ0) is 12.8. The van der Waals surface area contributed by atoms with Crippen LogP contribution in [0.15, 0.2) is 18.2 Å². The van der Waals surface area contributed by atoms with E-state index in [0.29, 0.717) is 12.3 Å². The molecule has 0 fully saturated rings. The van der Waals surface area contributed by atoms with Crippen molar-refractivity contribution < 1.29 is 13.9 Å². The minimum Gasteiger partial charge on any atom is -0.488 e. The SMILES string of the molecule is CC(C)COc1c(F)cccc1NC(=O)CCl. The molecule has 0 saturated heterocycles. The summed E-state index contributed by atoms with van der Waals surface area (Å²) in [6, 6.07) is 4.36. The monoisotopic (exact) mass is 259 g/mol. The maximum Gasteiger partial charge on any atom is 0.239 e. The van der Waals surface area contributed by atoms with Gasteiger partial charge in [0.1, 0.15) is 5.88 Å². The maximum absolute atomic E-state index is 13.5. The molecule has 94 valence electrons. The second-order valence-electron chi connectivity index (χ2n) is 4.00. The summed E-state index contributed by atoms with van der Waals surface area (Å²) in [5.41, 5.74) is 0.302. The third-order valence-electron chi connectivity index (χ3n) is 1.92. The zero-order valence-electron chi connectivity index (χ0n) is 9.80. The zero-order valence-corrected chi connectivity index (χ0v) is 10.6. The molecular weight excluding hydrogens is 245 g/mol. The Labute approximate surface area is 105 Å². The average molecular weight is 260 g/mol. The molecule has 0 aliphatic heterocycles. The van der Waals surface area contributed by atoms with E-state index in [-0.39, 0.29) is 17.5 Å². The third-order valence-corrected chi connectivity index (χ3v) is 2.17. The van der Waals surface area contributed by atoms with Gasteiger partial charge in [-0.2, -0.15) is 0 Å². The van der Waals surface area contributed by atoms with E-state index >= 15 is 0 Å². The van der Waals surface area contributed by atoms with Gasteiger partial charge in [0, 0.05) is 0 Å². The number of anilines is 1. The summed E-state index contributed by atoms with van der Waals surface area (Å²) >= 11 is 5.37. The van der Waals surface area contributed by atoms with Crippen molar-refractivity contribution in [1.29, 1.82) is 0 Å². The number of halogens is 2. The van der Waals surface area contributed by atoms with Gasteiger partial charge >= 0.3 is 0 Å². The van der Waals surface area contributed by atoms with E-state index in [1.807, 2.05) is 13.8 Å². The van der Waals surface area contributed by atoms with Crippen LogP contribution in [-0.2, 0) is 4.79 Å². The van der Waals surface area contributed by atoms with Gasteiger partial charge in [-0.15, -0.1) is 11.6 Å². The number of hydrogen-bond donors (Lipinski definition) is 1. The van der Waals surface area contributed by atoms with Gasteiger partial charge in [-0.05, 0) is 18.1 Å². The number of nitrogens with one attached hydrogen (secondary N) is 1. The highest BCUT2D eigenvalue weighted by atomic mass is 35.5. The Morgan fingerprint density at radius 2 is 2.24 bits per heavy atom. The number of carbonyl (C=O) groups is 1. The number of rotatable bonds is 5. The summed E-state index contributed by atoms with van der Waals surface area (Å²) in [5, 5.41) is 2.49. The van der Waals surface area contributed by atoms with Crippen LogP contribution in [0.3, 0.4) is 0 Å². The van der Waals surface area contributed by atoms with Crippen LogP contribution in [0.2, 0.25) is 0 Å². The molecule has 0 unspecified atom stereocenters. The summed E-state index contributed by atoms with van der Waals surface area (Å²) in [5.74, 6) is -0.754. The van der Waals surface area contributed by atoms with Crippen molar-refractivity contribution in [2.75, 3.05) is 17.8 Å². The maximum atomic E-state index is 13.5. The number of ether oxygens (including phenoxy) is 1. The third kappa shape index (κ3) is 4.23. The average Bonchev–Trinajstić information content (AvgIpc) is 2.27. The van der Waals surface area contributed by atoms with Crippen LogP contribution < -0.4 is 10.1 Å². The van der Waals surface area contributed by atoms with Gasteiger partial charge in [-0.3, -0.25) is 4.79 Å². The molecule has 0 aliphatic rings. The molecule has 0 heterocycles. The topological polar surface area (TPSA) is 38.3 Å². The number of carbonyl (C=O) groups excluding carboxylic acids is 1. The quantitative estimate of drug-likeness (QED) is 0.826. The van der Waals surface area contributed by atoms with Crippen LogP contribution in [0.1, 0.15) is 13.8 Å². The van der Waals surface area contributed by atoms with Crippen LogP contribution in [0.25, 0.3) is 0 Å². The largest absolute Gasteiger partial charge is 0.488 e. The standard InChI is InChI=1S/C12H15ClFNO2/c1-8(2)7-17-12-9(14)4-3-5-10(12)15-11(16)6-13/h3-5,8H,6-7H2,1-2H3,(H,15,16). The minimum atomic E-state index is -0.502. The van der Waals surface area contributed by atoms with Crippen molar-refractivity contribution in [3.63, 3.8) is 0 Å². The molecular formula is C12H15ClFNO2. The van der Waals surface area contributed by atoms with Crippen LogP contribution in [-0.4, -0.2) is 18.4 Å². The van der Waals surface area contributed by atoms with E-state index in [1.54, 1.807) is 6.07 Å². The van der Waals surface area contributed by atoms with Crippen LogP contribution >= 0.6 is 11.6 Å². The van der Waals surface area contributed by atoms with E-state index in [4.69, 9.17) is 16.3 Å². The van der Waals surface area contributed by atoms with Crippen molar-refractivity contribution in [2.45, 2.75) is 13.8 Å². The number of amides is 1. The van der Waals surface area contributed by atoms with E-state index in [1.165, 1.54) is 12.1 Å². The van der Waals surface area contributed by atoms with Crippen molar-refractivity contribution in [3.05, 3.63) is 24.0 Å². The lowest BCUT2D eigenvalue weighted by Crippen LogP contribution is -2.15. The smallest absolute Gasteiger partial charge is 0.239 e. The summed E-state index contributed by atoms with van der Waals surface area (Å²) in [7, 11) is 0. The molecule has 0 saturated carbocycles. The van der Waals surface area contributed by atoms with E-state index in [0.717, 1.165) is 0 Å². The molecule has 0 aliphatic carbocycles. The van der Waals surface area contributed by atoms with E-state index in [9.17, 15) is 9.18 Å². The summed E-state index contributed by atoms with van der Waals surface area (Å²) in [6.07, 6.45) is 0. The molecule has 0 bridgehead atoms. The molecule has 0 radical (unpaired) electrons. The molecule has 0 atom stereocenters. The molecule has 17 heavy (non-hydrogen) atoms. The van der Waals surface area contributed by atoms with Crippen molar-refractivity contribution >= 4 is 23.2 Å². The molecule has 5 heteroatoms. The lowest BCUT2D eigenvalue weighted by molar-refractivity contribution is -0.113. The normalized spacial score (nSPS) is 10.4. The van der Waals surface area contributed by atoms with Gasteiger partial charge in [0.15, 0.2) is 11.6 Å². The Hall–Kier alpha value is -1.29. The first kappa shape index (κ1) is 13.8. The summed E-state index contributed by atoms with van der Waals surface area (Å²) in [4.78, 5) is 11.2. The second-order valence-corrected chi connectivity index (χ2v) is 4.27. The summed E-state index contributed by atoms with van der Waals surface area (Å²) < 4.78 is 18.9. The van der Waals surface area contributed by atoms with E-state index in [2.05, 4.69) is 5.32 Å². The van der Waals surface area contributed by atoms with Gasteiger partial charge in [0.05, 0.1) is 12.3 Å². The highest BCUT2D eigenvalue weighted by Crippen LogP contribution is 2.28. The molecule has 0 spiro atoms. The van der Waals surface area contributed by atoms with Gasteiger partial charge in [-0.1, -0.05) is 19.9 Å². The Balaban J connectivity index is 2.87. The second kappa shape index (κ2) is 6.45. The van der Waals surface area contributed by atoms with Crippen molar-refractivity contribution in [3.8, 4) is 5.75 Å². The Morgan fingerprint density at radius 3 is 2.82 bits per heavy atom.